The van der Waals surface area contributed by atoms with Crippen molar-refractivity contribution in [3.8, 4) is 5.75 Å². The summed E-state index contributed by atoms with van der Waals surface area (Å²) < 4.78 is 0. The number of aliphatic carboxylic acids is 1. The molecule has 3 heteroatoms. The number of phenolic OH excluding ortho intramolecular Hbond substituents is 1. The molecule has 0 amide bonds. The lowest BCUT2D eigenvalue weighted by molar-refractivity contribution is -0.141. The van der Waals surface area contributed by atoms with E-state index in [1.807, 2.05) is 6.07 Å². The van der Waals surface area contributed by atoms with E-state index < -0.39 is 5.97 Å². The molecule has 1 aliphatic rings. The van der Waals surface area contributed by atoms with Crippen LogP contribution in [0.2, 0.25) is 0 Å². The number of hydrogen-bond acceptors (Lipinski definition) is 2. The van der Waals surface area contributed by atoms with Crippen LogP contribution >= 0.6 is 0 Å². The standard InChI is InChI=1S/C10H10O3/c11-9-3-1-2-6-4-7(10(12)13)5-8(6)9/h1-3,7,11H,4-5H2,(H,12,13). The van der Waals surface area contributed by atoms with Gasteiger partial charge in [0.05, 0.1) is 5.92 Å². The summed E-state index contributed by atoms with van der Waals surface area (Å²) in [5, 5.41) is 18.2. The Morgan fingerprint density at radius 1 is 1.38 bits per heavy atom. The summed E-state index contributed by atoms with van der Waals surface area (Å²) in [7, 11) is 0. The molecule has 0 spiro atoms. The van der Waals surface area contributed by atoms with Crippen molar-refractivity contribution in [2.75, 3.05) is 0 Å². The molecule has 0 saturated heterocycles. The van der Waals surface area contributed by atoms with Crippen molar-refractivity contribution in [3.63, 3.8) is 0 Å². The van der Waals surface area contributed by atoms with Crippen LogP contribution < -0.4 is 0 Å². The summed E-state index contributed by atoms with van der Waals surface area (Å²) >= 11 is 0. The minimum absolute atomic E-state index is 0.223. The molecule has 0 bridgehead atoms. The molecule has 2 N–H and O–H groups in total. The Labute approximate surface area is 75.6 Å². The van der Waals surface area contributed by atoms with Gasteiger partial charge in [-0.05, 0) is 30.0 Å². The van der Waals surface area contributed by atoms with Gasteiger partial charge in [-0.25, -0.2) is 0 Å². The van der Waals surface area contributed by atoms with Gasteiger partial charge in [-0.1, -0.05) is 12.1 Å². The number of carbonyl (C=O) groups is 1. The third-order valence-corrected chi connectivity index (χ3v) is 2.51. The molecular formula is C10H10O3. The third kappa shape index (κ3) is 1.26. The third-order valence-electron chi connectivity index (χ3n) is 2.51. The van der Waals surface area contributed by atoms with Crippen molar-refractivity contribution in [2.45, 2.75) is 12.8 Å². The number of benzene rings is 1. The van der Waals surface area contributed by atoms with Gasteiger partial charge in [0.2, 0.25) is 0 Å². The molecular weight excluding hydrogens is 168 g/mol. The Morgan fingerprint density at radius 2 is 2.15 bits per heavy atom. The maximum atomic E-state index is 10.7. The van der Waals surface area contributed by atoms with E-state index in [0.717, 1.165) is 11.1 Å². The highest BCUT2D eigenvalue weighted by molar-refractivity contribution is 5.72. The second-order valence-electron chi connectivity index (χ2n) is 3.36. The number of fused-ring (bicyclic) bond motifs is 1. The lowest BCUT2D eigenvalue weighted by Gasteiger charge is -2.00. The Hall–Kier alpha value is -1.51. The number of carboxylic acid groups (broad SMARTS) is 1. The van der Waals surface area contributed by atoms with Gasteiger partial charge >= 0.3 is 5.97 Å². The second kappa shape index (κ2) is 2.76. The number of hydrogen-bond donors (Lipinski definition) is 2. The summed E-state index contributed by atoms with van der Waals surface area (Å²) in [4.78, 5) is 10.7. The SMILES string of the molecule is O=C(O)C1Cc2cccc(O)c2C1. The van der Waals surface area contributed by atoms with Gasteiger partial charge in [0.15, 0.2) is 0 Å². The largest absolute Gasteiger partial charge is 0.508 e. The minimum Gasteiger partial charge on any atom is -0.508 e. The minimum atomic E-state index is -0.782. The van der Waals surface area contributed by atoms with Gasteiger partial charge in [0, 0.05) is 0 Å². The van der Waals surface area contributed by atoms with Crippen LogP contribution in [0.1, 0.15) is 11.1 Å². The lowest BCUT2D eigenvalue weighted by atomic mass is 10.1. The van der Waals surface area contributed by atoms with E-state index in [2.05, 4.69) is 0 Å². The zero-order chi connectivity index (χ0) is 9.42. The fourth-order valence-electron chi connectivity index (χ4n) is 1.81. The first-order chi connectivity index (χ1) is 6.18. The summed E-state index contributed by atoms with van der Waals surface area (Å²) in [5.41, 5.74) is 1.77. The van der Waals surface area contributed by atoms with Crippen molar-refractivity contribution in [1.29, 1.82) is 0 Å². The average molecular weight is 178 g/mol. The number of carboxylic acids is 1. The molecule has 3 nitrogen and oxygen atoms in total. The highest BCUT2D eigenvalue weighted by Gasteiger charge is 2.28. The van der Waals surface area contributed by atoms with Crippen LogP contribution in [0.25, 0.3) is 0 Å². The molecule has 0 radical (unpaired) electrons. The molecule has 0 heterocycles. The van der Waals surface area contributed by atoms with Gasteiger partial charge in [0.25, 0.3) is 0 Å². The normalized spacial score (nSPS) is 19.8. The van der Waals surface area contributed by atoms with Gasteiger partial charge in [0.1, 0.15) is 5.75 Å². The summed E-state index contributed by atoms with van der Waals surface area (Å²) in [5.74, 6) is -0.917. The Bertz CT molecular complexity index is 357. The second-order valence-corrected chi connectivity index (χ2v) is 3.36. The van der Waals surface area contributed by atoms with Crippen molar-refractivity contribution < 1.29 is 15.0 Å². The van der Waals surface area contributed by atoms with Crippen molar-refractivity contribution >= 4 is 5.97 Å². The van der Waals surface area contributed by atoms with E-state index >= 15 is 0 Å². The number of aromatic hydroxyl groups is 1. The molecule has 1 aliphatic carbocycles. The topological polar surface area (TPSA) is 57.5 Å². The molecule has 1 aromatic rings. The van der Waals surface area contributed by atoms with Crippen molar-refractivity contribution in [2.24, 2.45) is 5.92 Å². The molecule has 0 aromatic heterocycles. The van der Waals surface area contributed by atoms with E-state index in [1.54, 1.807) is 12.1 Å². The monoisotopic (exact) mass is 178 g/mol. The molecule has 1 atom stereocenters. The molecule has 13 heavy (non-hydrogen) atoms. The molecule has 1 unspecified atom stereocenters. The fraction of sp³-hybridized carbons (Fsp3) is 0.300. The van der Waals surface area contributed by atoms with E-state index in [0.29, 0.717) is 12.8 Å². The fourth-order valence-corrected chi connectivity index (χ4v) is 1.81. The smallest absolute Gasteiger partial charge is 0.307 e. The zero-order valence-corrected chi connectivity index (χ0v) is 7.03. The van der Waals surface area contributed by atoms with Crippen molar-refractivity contribution in [3.05, 3.63) is 29.3 Å². The quantitative estimate of drug-likeness (QED) is 0.679. The first-order valence-corrected chi connectivity index (χ1v) is 4.21. The predicted octanol–water partition coefficient (Wildman–Crippen LogP) is 1.19. The average Bonchev–Trinajstić information content (AvgIpc) is 2.49. The van der Waals surface area contributed by atoms with Crippen LogP contribution in [0.15, 0.2) is 18.2 Å². The summed E-state index contributed by atoms with van der Waals surface area (Å²) in [6.45, 7) is 0. The number of rotatable bonds is 1. The Balaban J connectivity index is 2.35. The molecule has 1 aromatic carbocycles. The van der Waals surface area contributed by atoms with Crippen LogP contribution in [-0.4, -0.2) is 16.2 Å². The lowest BCUT2D eigenvalue weighted by Crippen LogP contribution is -2.12. The van der Waals surface area contributed by atoms with E-state index in [4.69, 9.17) is 5.11 Å². The van der Waals surface area contributed by atoms with E-state index in [9.17, 15) is 9.90 Å². The molecule has 2 rings (SSSR count). The van der Waals surface area contributed by atoms with Crippen LogP contribution in [0.4, 0.5) is 0 Å². The molecule has 0 aliphatic heterocycles. The summed E-state index contributed by atoms with van der Waals surface area (Å²) in [6.07, 6.45) is 0.996. The van der Waals surface area contributed by atoms with Crippen LogP contribution in [0, 0.1) is 5.92 Å². The van der Waals surface area contributed by atoms with Crippen LogP contribution in [-0.2, 0) is 17.6 Å². The van der Waals surface area contributed by atoms with Crippen LogP contribution in [0.3, 0.4) is 0 Å². The van der Waals surface area contributed by atoms with Crippen molar-refractivity contribution in [1.82, 2.24) is 0 Å². The molecule has 0 saturated carbocycles. The first-order valence-electron chi connectivity index (χ1n) is 4.21. The highest BCUT2D eigenvalue weighted by atomic mass is 16.4. The highest BCUT2D eigenvalue weighted by Crippen LogP contribution is 2.32. The first kappa shape index (κ1) is 8.10. The Kier molecular flexibility index (Phi) is 1.72. The summed E-state index contributed by atoms with van der Waals surface area (Å²) in [6, 6.07) is 5.22. The Morgan fingerprint density at radius 3 is 2.77 bits per heavy atom. The molecule has 68 valence electrons. The van der Waals surface area contributed by atoms with Gasteiger partial charge < -0.3 is 10.2 Å². The van der Waals surface area contributed by atoms with E-state index in [-0.39, 0.29) is 11.7 Å². The maximum Gasteiger partial charge on any atom is 0.307 e. The van der Waals surface area contributed by atoms with Gasteiger partial charge in [-0.2, -0.15) is 0 Å². The molecule has 0 fully saturated rings. The van der Waals surface area contributed by atoms with E-state index in [1.165, 1.54) is 0 Å². The number of phenols is 1. The van der Waals surface area contributed by atoms with Gasteiger partial charge in [-0.3, -0.25) is 4.79 Å². The van der Waals surface area contributed by atoms with Crippen LogP contribution in [0.5, 0.6) is 5.75 Å². The maximum absolute atomic E-state index is 10.7. The van der Waals surface area contributed by atoms with Gasteiger partial charge in [-0.15, -0.1) is 0 Å². The predicted molar refractivity (Wildman–Crippen MR) is 46.6 cm³/mol. The zero-order valence-electron chi connectivity index (χ0n) is 7.03.